The maximum Gasteiger partial charge on any atom is 0.417 e. The van der Waals surface area contributed by atoms with Crippen molar-refractivity contribution in [2.24, 2.45) is 0 Å². The normalized spacial score (nSPS) is 16.5. The van der Waals surface area contributed by atoms with Crippen molar-refractivity contribution in [3.63, 3.8) is 0 Å². The van der Waals surface area contributed by atoms with E-state index in [2.05, 4.69) is 15.3 Å². The SMILES string of the molecule is O=C(O)CCNC(c1cccnc1)[SH]1C(c2ccc(-c3ccccc3)c(C(F)(F)F)c2)=Cc2cccnc21. The lowest BCUT2D eigenvalue weighted by molar-refractivity contribution is -0.137. The molecule has 0 radical (unpaired) electrons. The van der Waals surface area contributed by atoms with Gasteiger partial charge in [-0.25, -0.2) is 0 Å². The highest BCUT2D eigenvalue weighted by Gasteiger charge is 2.36. The predicted molar refractivity (Wildman–Crippen MR) is 143 cm³/mol. The van der Waals surface area contributed by atoms with Crippen LogP contribution in [0.4, 0.5) is 13.2 Å². The standard InChI is InChI=1S/C29H24F3N3O2S/c30-29(31,32)24-16-20(10-11-23(24)19-6-2-1-3-7-19)25-17-21-8-5-14-34-27(21)38(25)28(35-15-12-26(36)37)22-9-4-13-33-18-22/h1-11,13-14,16-18,28,35,38H,12,15H2,(H,36,37). The molecule has 4 aromatic rings. The van der Waals surface area contributed by atoms with Gasteiger partial charge in [-0.1, -0.05) is 54.6 Å². The lowest BCUT2D eigenvalue weighted by Crippen LogP contribution is -2.24. The highest BCUT2D eigenvalue weighted by molar-refractivity contribution is 8.25. The molecule has 2 aromatic carbocycles. The summed E-state index contributed by atoms with van der Waals surface area (Å²) in [7, 11) is -1.34. The van der Waals surface area contributed by atoms with Gasteiger partial charge in [0.25, 0.3) is 0 Å². The van der Waals surface area contributed by atoms with Crippen LogP contribution in [-0.2, 0) is 11.0 Å². The van der Waals surface area contributed by atoms with Gasteiger partial charge in [0.2, 0.25) is 0 Å². The first-order valence-electron chi connectivity index (χ1n) is 11.9. The number of hydrogen-bond acceptors (Lipinski definition) is 4. The summed E-state index contributed by atoms with van der Waals surface area (Å²) in [4.78, 5) is 20.8. The van der Waals surface area contributed by atoms with Crippen molar-refractivity contribution in [1.29, 1.82) is 0 Å². The topological polar surface area (TPSA) is 75.1 Å². The number of carboxylic acids is 1. The van der Waals surface area contributed by atoms with E-state index in [4.69, 9.17) is 0 Å². The molecule has 0 saturated heterocycles. The fourth-order valence-corrected chi connectivity index (χ4v) is 7.37. The first-order chi connectivity index (χ1) is 18.3. The summed E-state index contributed by atoms with van der Waals surface area (Å²) in [6, 6.07) is 20.3. The van der Waals surface area contributed by atoms with E-state index in [1.165, 1.54) is 12.1 Å². The summed E-state index contributed by atoms with van der Waals surface area (Å²) in [5.74, 6) is -0.942. The number of carbonyl (C=O) groups is 1. The number of carboxylic acid groups (broad SMARTS) is 1. The number of thiol groups is 1. The first kappa shape index (κ1) is 25.7. The largest absolute Gasteiger partial charge is 0.481 e. The number of benzene rings is 2. The number of rotatable bonds is 8. The van der Waals surface area contributed by atoms with E-state index in [9.17, 15) is 23.1 Å². The molecule has 1 aliphatic rings. The van der Waals surface area contributed by atoms with Crippen molar-refractivity contribution in [3.05, 3.63) is 114 Å². The van der Waals surface area contributed by atoms with E-state index < -0.39 is 34.0 Å². The zero-order valence-electron chi connectivity index (χ0n) is 20.1. The van der Waals surface area contributed by atoms with Gasteiger partial charge in [-0.05, 0) is 46.5 Å². The second-order valence-electron chi connectivity index (χ2n) is 8.73. The van der Waals surface area contributed by atoms with E-state index in [1.54, 1.807) is 67.1 Å². The average molecular weight is 536 g/mol. The molecule has 1 aliphatic heterocycles. The third-order valence-electron chi connectivity index (χ3n) is 6.24. The summed E-state index contributed by atoms with van der Waals surface area (Å²) in [5, 5.41) is 12.9. The van der Waals surface area contributed by atoms with Crippen molar-refractivity contribution in [3.8, 4) is 11.1 Å². The van der Waals surface area contributed by atoms with E-state index in [-0.39, 0.29) is 18.5 Å². The number of hydrogen-bond donors (Lipinski definition) is 3. The number of pyridine rings is 2. The van der Waals surface area contributed by atoms with Crippen LogP contribution in [0.25, 0.3) is 22.1 Å². The van der Waals surface area contributed by atoms with Crippen LogP contribution in [0, 0.1) is 0 Å². The molecular formula is C29H24F3N3O2S. The second-order valence-corrected chi connectivity index (χ2v) is 10.9. The monoisotopic (exact) mass is 535 g/mol. The van der Waals surface area contributed by atoms with Gasteiger partial charge in [0, 0.05) is 35.6 Å². The minimum Gasteiger partial charge on any atom is -0.481 e. The maximum atomic E-state index is 14.3. The zero-order chi connectivity index (χ0) is 26.7. The molecule has 2 N–H and O–H groups in total. The Hall–Kier alpha value is -3.95. The molecule has 0 bridgehead atoms. The Labute approximate surface area is 220 Å². The van der Waals surface area contributed by atoms with Crippen molar-refractivity contribution in [2.75, 3.05) is 6.54 Å². The minimum absolute atomic E-state index is 0.0992. The lowest BCUT2D eigenvalue weighted by Gasteiger charge is -2.32. The van der Waals surface area contributed by atoms with E-state index in [0.717, 1.165) is 21.1 Å². The van der Waals surface area contributed by atoms with Gasteiger partial charge >= 0.3 is 12.1 Å². The van der Waals surface area contributed by atoms with Gasteiger partial charge in [-0.3, -0.25) is 14.8 Å². The molecule has 0 fully saturated rings. The molecule has 0 saturated carbocycles. The molecular weight excluding hydrogens is 511 g/mol. The van der Waals surface area contributed by atoms with Crippen LogP contribution in [-0.4, -0.2) is 27.6 Å². The van der Waals surface area contributed by atoms with Gasteiger partial charge < -0.3 is 10.4 Å². The number of halogens is 3. The number of aliphatic carboxylic acids is 1. The van der Waals surface area contributed by atoms with E-state index in [1.807, 2.05) is 18.2 Å². The number of fused-ring (bicyclic) bond motifs is 1. The van der Waals surface area contributed by atoms with Gasteiger partial charge in [0.05, 0.1) is 22.4 Å². The fraction of sp³-hybridized carbons (Fsp3) is 0.138. The number of nitrogens with zero attached hydrogens (tertiary/aromatic N) is 2. The summed E-state index contributed by atoms with van der Waals surface area (Å²) >= 11 is 0. The highest BCUT2D eigenvalue weighted by atomic mass is 32.2. The van der Waals surface area contributed by atoms with E-state index in [0.29, 0.717) is 11.1 Å². The van der Waals surface area contributed by atoms with Crippen LogP contribution in [0.2, 0.25) is 0 Å². The summed E-state index contributed by atoms with van der Waals surface area (Å²) in [6.07, 6.45) is 2.24. The molecule has 194 valence electrons. The van der Waals surface area contributed by atoms with Crippen LogP contribution in [0.3, 0.4) is 0 Å². The Morgan fingerprint density at radius 3 is 2.47 bits per heavy atom. The Balaban J connectivity index is 1.63. The highest BCUT2D eigenvalue weighted by Crippen LogP contribution is 2.62. The predicted octanol–water partition coefficient (Wildman–Crippen LogP) is 6.80. The molecule has 3 heterocycles. The third kappa shape index (κ3) is 5.34. The summed E-state index contributed by atoms with van der Waals surface area (Å²) in [5.41, 5.74) is 1.99. The molecule has 5 rings (SSSR count). The second kappa shape index (κ2) is 10.8. The van der Waals surface area contributed by atoms with Crippen LogP contribution in [0.15, 0.2) is 96.4 Å². The Bertz CT molecular complexity index is 1480. The molecule has 5 nitrogen and oxygen atoms in total. The Morgan fingerprint density at radius 1 is 0.974 bits per heavy atom. The molecule has 2 unspecified atom stereocenters. The van der Waals surface area contributed by atoms with Gasteiger partial charge in [0.1, 0.15) is 0 Å². The molecule has 2 atom stereocenters. The van der Waals surface area contributed by atoms with Crippen LogP contribution < -0.4 is 5.32 Å². The molecule has 38 heavy (non-hydrogen) atoms. The molecule has 2 aromatic heterocycles. The van der Waals surface area contributed by atoms with Crippen molar-refractivity contribution in [1.82, 2.24) is 15.3 Å². The minimum atomic E-state index is -4.56. The smallest absolute Gasteiger partial charge is 0.417 e. The zero-order valence-corrected chi connectivity index (χ0v) is 21.0. The molecule has 0 spiro atoms. The van der Waals surface area contributed by atoms with Crippen molar-refractivity contribution >= 4 is 27.8 Å². The third-order valence-corrected chi connectivity index (χ3v) is 8.97. The molecule has 0 amide bonds. The molecule has 0 aliphatic carbocycles. The van der Waals surface area contributed by atoms with Crippen molar-refractivity contribution < 1.29 is 23.1 Å². The number of aromatic nitrogens is 2. The van der Waals surface area contributed by atoms with Gasteiger partial charge in [-0.15, -0.1) is 0 Å². The van der Waals surface area contributed by atoms with Gasteiger partial charge in [-0.2, -0.15) is 24.1 Å². The van der Waals surface area contributed by atoms with Gasteiger partial charge in [0.15, 0.2) is 0 Å². The van der Waals surface area contributed by atoms with E-state index >= 15 is 0 Å². The lowest BCUT2D eigenvalue weighted by atomic mass is 9.96. The Morgan fingerprint density at radius 2 is 1.76 bits per heavy atom. The summed E-state index contributed by atoms with van der Waals surface area (Å²) < 4.78 is 43.0. The van der Waals surface area contributed by atoms with Crippen LogP contribution >= 0.6 is 10.9 Å². The fourth-order valence-electron chi connectivity index (χ4n) is 4.56. The quantitative estimate of drug-likeness (QED) is 0.217. The Kier molecular flexibility index (Phi) is 7.31. The van der Waals surface area contributed by atoms with Crippen molar-refractivity contribution in [2.45, 2.75) is 23.0 Å². The average Bonchev–Trinajstić information content (AvgIpc) is 3.30. The molecule has 9 heteroatoms. The van der Waals surface area contributed by atoms with Crippen LogP contribution in [0.1, 0.15) is 34.0 Å². The number of nitrogens with one attached hydrogen (secondary N) is 1. The summed E-state index contributed by atoms with van der Waals surface area (Å²) in [6.45, 7) is 0.184. The van der Waals surface area contributed by atoms with Crippen LogP contribution in [0.5, 0.6) is 0 Å². The first-order valence-corrected chi connectivity index (χ1v) is 13.3. The maximum absolute atomic E-state index is 14.3. The number of alkyl halides is 3.